The van der Waals surface area contributed by atoms with Gasteiger partial charge in [0.2, 0.25) is 5.82 Å². The van der Waals surface area contributed by atoms with E-state index in [1.807, 2.05) is 42.5 Å². The molecular formula is C24H24N6O3. The lowest BCUT2D eigenvalue weighted by molar-refractivity contribution is -0.120. The summed E-state index contributed by atoms with van der Waals surface area (Å²) in [7, 11) is 1.67. The van der Waals surface area contributed by atoms with Crippen LogP contribution < -0.4 is 15.0 Å². The molecule has 9 heteroatoms. The maximum atomic E-state index is 13.1. The molecule has 1 aliphatic heterocycles. The van der Waals surface area contributed by atoms with E-state index in [1.165, 1.54) is 4.90 Å². The van der Waals surface area contributed by atoms with Gasteiger partial charge in [0, 0.05) is 36.6 Å². The van der Waals surface area contributed by atoms with Crippen molar-refractivity contribution in [2.75, 3.05) is 18.6 Å². The molecule has 2 aromatic heterocycles. The molecule has 0 saturated heterocycles. The van der Waals surface area contributed by atoms with Crippen LogP contribution in [0.3, 0.4) is 0 Å². The third-order valence-electron chi connectivity index (χ3n) is 5.38. The molecule has 0 fully saturated rings. The van der Waals surface area contributed by atoms with Crippen molar-refractivity contribution >= 4 is 28.3 Å². The maximum absolute atomic E-state index is 13.1. The van der Waals surface area contributed by atoms with Gasteiger partial charge in [-0.3, -0.25) is 19.7 Å². The van der Waals surface area contributed by atoms with Crippen LogP contribution in [-0.4, -0.2) is 51.7 Å². The van der Waals surface area contributed by atoms with Gasteiger partial charge in [0.1, 0.15) is 24.2 Å². The molecule has 2 N–H and O–H groups in total. The summed E-state index contributed by atoms with van der Waals surface area (Å²) in [4.78, 5) is 35.8. The second kappa shape index (κ2) is 9.07. The number of nitrogens with zero attached hydrogens (tertiary/aromatic N) is 4. The molecule has 1 aliphatic rings. The predicted molar refractivity (Wildman–Crippen MR) is 124 cm³/mol. The van der Waals surface area contributed by atoms with Gasteiger partial charge in [0.25, 0.3) is 11.8 Å². The van der Waals surface area contributed by atoms with Crippen LogP contribution in [0.15, 0.2) is 60.9 Å². The number of aromatic nitrogens is 4. The molecule has 5 rings (SSSR count). The Labute approximate surface area is 190 Å². The minimum Gasteiger partial charge on any atom is -0.489 e. The fourth-order valence-electron chi connectivity index (χ4n) is 3.77. The van der Waals surface area contributed by atoms with Gasteiger partial charge in [0.05, 0.1) is 5.69 Å². The van der Waals surface area contributed by atoms with E-state index < -0.39 is 11.9 Å². The Morgan fingerprint density at radius 1 is 1.21 bits per heavy atom. The summed E-state index contributed by atoms with van der Waals surface area (Å²) < 4.78 is 5.88. The van der Waals surface area contributed by atoms with Crippen molar-refractivity contribution < 1.29 is 14.3 Å². The topological polar surface area (TPSA) is 113 Å². The summed E-state index contributed by atoms with van der Waals surface area (Å²) >= 11 is 0. The van der Waals surface area contributed by atoms with Gasteiger partial charge in [-0.1, -0.05) is 37.8 Å². The first kappa shape index (κ1) is 21.9. The van der Waals surface area contributed by atoms with Gasteiger partial charge in [-0.2, -0.15) is 0 Å². The van der Waals surface area contributed by atoms with Crippen molar-refractivity contribution in [3.63, 3.8) is 0 Å². The van der Waals surface area contributed by atoms with E-state index in [0.29, 0.717) is 23.7 Å². The first-order valence-electron chi connectivity index (χ1n) is 10.1. The molecular weight excluding hydrogens is 420 g/mol. The smallest absolute Gasteiger partial charge is 0.291 e. The molecule has 9 nitrogen and oxygen atoms in total. The van der Waals surface area contributed by atoms with Gasteiger partial charge < -0.3 is 15.0 Å². The van der Waals surface area contributed by atoms with Crippen molar-refractivity contribution in [2.24, 2.45) is 0 Å². The maximum Gasteiger partial charge on any atom is 0.291 e. The number of rotatable bonds is 4. The Bertz CT molecular complexity index is 1300. The summed E-state index contributed by atoms with van der Waals surface area (Å²) in [5, 5.41) is 11.2. The van der Waals surface area contributed by atoms with Crippen molar-refractivity contribution in [3.8, 4) is 5.75 Å². The lowest BCUT2D eigenvalue weighted by Gasteiger charge is -2.21. The van der Waals surface area contributed by atoms with E-state index in [0.717, 1.165) is 16.3 Å². The third-order valence-corrected chi connectivity index (χ3v) is 5.38. The molecule has 33 heavy (non-hydrogen) atoms. The highest BCUT2D eigenvalue weighted by Crippen LogP contribution is 2.37. The summed E-state index contributed by atoms with van der Waals surface area (Å²) in [6.07, 6.45) is 3.92. The molecule has 0 saturated carbocycles. The molecule has 0 bridgehead atoms. The molecule has 0 radical (unpaired) electrons. The molecule has 1 atom stereocenters. The number of likely N-dealkylation sites (N-methyl/N-ethyl adjacent to an activating group) is 1. The molecule has 2 amide bonds. The fraction of sp³-hybridized carbons (Fsp3) is 0.208. The lowest BCUT2D eigenvalue weighted by Crippen LogP contribution is -2.49. The highest BCUT2D eigenvalue weighted by atomic mass is 16.5. The fourth-order valence-corrected chi connectivity index (χ4v) is 3.77. The Hall–Kier alpha value is -4.27. The Balaban J connectivity index is 0.00000259. The molecule has 0 spiro atoms. The predicted octanol–water partition coefficient (Wildman–Crippen LogP) is 2.73. The molecule has 2 aromatic carbocycles. The number of benzene rings is 2. The highest BCUT2D eigenvalue weighted by molar-refractivity contribution is 6.09. The Morgan fingerprint density at radius 2 is 2.03 bits per heavy atom. The number of hydrogen-bond donors (Lipinski definition) is 2. The molecule has 168 valence electrons. The number of hydrogen-bond acceptors (Lipinski definition) is 6. The van der Waals surface area contributed by atoms with Crippen LogP contribution in [0.25, 0.3) is 10.8 Å². The van der Waals surface area contributed by atoms with Gasteiger partial charge in [-0.25, -0.2) is 4.98 Å². The number of fused-ring (bicyclic) bond motifs is 3. The van der Waals surface area contributed by atoms with Crippen LogP contribution in [-0.2, 0) is 11.2 Å². The van der Waals surface area contributed by atoms with Crippen LogP contribution in [0, 0.1) is 0 Å². The number of amides is 2. The minimum atomic E-state index is -0.882. The van der Waals surface area contributed by atoms with Crippen LogP contribution >= 0.6 is 0 Å². The Morgan fingerprint density at radius 3 is 2.85 bits per heavy atom. The molecule has 0 aliphatic carbocycles. The quantitative estimate of drug-likeness (QED) is 0.500. The number of carbonyl (C=O) groups is 2. The van der Waals surface area contributed by atoms with E-state index >= 15 is 0 Å². The number of anilines is 1. The minimum absolute atomic E-state index is 0. The number of H-pyrrole nitrogens is 1. The molecule has 0 unspecified atom stereocenters. The van der Waals surface area contributed by atoms with Gasteiger partial charge >= 0.3 is 0 Å². The average molecular weight is 444 g/mol. The second-order valence-electron chi connectivity index (χ2n) is 7.51. The summed E-state index contributed by atoms with van der Waals surface area (Å²) in [6.45, 7) is -0.000199. The van der Waals surface area contributed by atoms with Crippen LogP contribution in [0.4, 0.5) is 5.69 Å². The molecule has 3 heterocycles. The normalized spacial score (nSPS) is 15.2. The first-order chi connectivity index (χ1) is 15.6. The van der Waals surface area contributed by atoms with Crippen LogP contribution in [0.1, 0.15) is 29.4 Å². The number of carbonyl (C=O) groups excluding carboxylic acids is 2. The summed E-state index contributed by atoms with van der Waals surface area (Å²) in [5.41, 5.74) is 1.69. The zero-order valence-corrected chi connectivity index (χ0v) is 17.3. The van der Waals surface area contributed by atoms with E-state index in [9.17, 15) is 9.59 Å². The van der Waals surface area contributed by atoms with Gasteiger partial charge in [0.15, 0.2) is 0 Å². The summed E-state index contributed by atoms with van der Waals surface area (Å²) in [6, 6.07) is 14.4. The van der Waals surface area contributed by atoms with E-state index in [1.54, 1.807) is 25.5 Å². The first-order valence-corrected chi connectivity index (χ1v) is 10.1. The van der Waals surface area contributed by atoms with Gasteiger partial charge in [-0.15, -0.1) is 5.10 Å². The SMILES string of the molecule is C.CN1C(=O)[C@@H](NC(=O)c2n[nH]c(Cc3ccccc3)n2)COc2ccc3cnccc3c21. The summed E-state index contributed by atoms with van der Waals surface area (Å²) in [5.74, 6) is 0.274. The number of ether oxygens (including phenoxy) is 1. The van der Waals surface area contributed by atoms with Crippen molar-refractivity contribution in [1.29, 1.82) is 0 Å². The van der Waals surface area contributed by atoms with E-state index in [-0.39, 0.29) is 25.8 Å². The standard InChI is InChI=1S/C23H20N6O3.CH4/c1-29-20-16-9-10-24-12-15(16)7-8-18(20)32-13-17(23(29)31)25-22(30)21-26-19(27-28-21)11-14-5-3-2-4-6-14;/h2-10,12,17H,11,13H2,1H3,(H,25,30)(H,26,27,28);1H4/t17-;/m0./s1. The molecule has 4 aromatic rings. The Kier molecular flexibility index (Phi) is 6.03. The largest absolute Gasteiger partial charge is 0.489 e. The second-order valence-corrected chi connectivity index (χ2v) is 7.51. The zero-order chi connectivity index (χ0) is 22.1. The van der Waals surface area contributed by atoms with Gasteiger partial charge in [-0.05, 0) is 23.8 Å². The lowest BCUT2D eigenvalue weighted by atomic mass is 10.1. The van der Waals surface area contributed by atoms with Crippen LogP contribution in [0.5, 0.6) is 5.75 Å². The average Bonchev–Trinajstić information content (AvgIpc) is 3.25. The number of aromatic amines is 1. The monoisotopic (exact) mass is 444 g/mol. The highest BCUT2D eigenvalue weighted by Gasteiger charge is 2.32. The third kappa shape index (κ3) is 4.25. The van der Waals surface area contributed by atoms with Crippen molar-refractivity contribution in [2.45, 2.75) is 19.9 Å². The van der Waals surface area contributed by atoms with Crippen LogP contribution in [0.2, 0.25) is 0 Å². The zero-order valence-electron chi connectivity index (χ0n) is 17.3. The number of pyridine rings is 1. The van der Waals surface area contributed by atoms with E-state index in [2.05, 4.69) is 25.5 Å². The van der Waals surface area contributed by atoms with E-state index in [4.69, 9.17) is 4.74 Å². The van der Waals surface area contributed by atoms with Crippen molar-refractivity contribution in [1.82, 2.24) is 25.5 Å². The van der Waals surface area contributed by atoms with Crippen molar-refractivity contribution in [3.05, 3.63) is 78.1 Å². The number of nitrogens with one attached hydrogen (secondary N) is 2.